The zero-order valence-corrected chi connectivity index (χ0v) is 16.6. The maximum atomic E-state index is 13.1. The first kappa shape index (κ1) is 19.5. The van der Waals surface area contributed by atoms with E-state index in [1.807, 2.05) is 53.5 Å². The predicted octanol–water partition coefficient (Wildman–Crippen LogP) is 5.37. The summed E-state index contributed by atoms with van der Waals surface area (Å²) in [5.41, 5.74) is 2.32. The molecule has 5 rings (SSSR count). The van der Waals surface area contributed by atoms with Crippen molar-refractivity contribution in [2.75, 3.05) is 0 Å². The van der Waals surface area contributed by atoms with Gasteiger partial charge in [0.15, 0.2) is 12.4 Å². The van der Waals surface area contributed by atoms with Crippen molar-refractivity contribution < 1.29 is 22.5 Å². The van der Waals surface area contributed by atoms with Gasteiger partial charge in [0.2, 0.25) is 11.8 Å². The summed E-state index contributed by atoms with van der Waals surface area (Å²) in [4.78, 5) is 13.1. The molecule has 2 aromatic carbocycles. The summed E-state index contributed by atoms with van der Waals surface area (Å²) in [5, 5.41) is 0.987. The van der Waals surface area contributed by atoms with Gasteiger partial charge in [-0.3, -0.25) is 4.79 Å². The molecule has 4 aromatic rings. The highest BCUT2D eigenvalue weighted by atomic mass is 19.4. The van der Waals surface area contributed by atoms with Crippen LogP contribution < -0.4 is 4.57 Å². The maximum Gasteiger partial charge on any atom is 0.416 e. The number of carbonyl (C=O) groups is 1. The van der Waals surface area contributed by atoms with Crippen molar-refractivity contribution in [3.05, 3.63) is 102 Å². The summed E-state index contributed by atoms with van der Waals surface area (Å²) in [6.45, 7) is 0.740. The normalized spacial score (nSPS) is 16.5. The number of aryl methyl sites for hydroxylation is 1. The van der Waals surface area contributed by atoms with Crippen LogP contribution in [0.5, 0.6) is 0 Å². The number of carbonyl (C=O) groups excluding carboxylic acids is 1. The van der Waals surface area contributed by atoms with Crippen molar-refractivity contribution in [3.63, 3.8) is 0 Å². The lowest BCUT2D eigenvalue weighted by Crippen LogP contribution is -2.45. The van der Waals surface area contributed by atoms with Crippen LogP contribution in [0.15, 0.2) is 79.3 Å². The van der Waals surface area contributed by atoms with Gasteiger partial charge < -0.3 is 4.57 Å². The van der Waals surface area contributed by atoms with E-state index < -0.39 is 17.8 Å². The van der Waals surface area contributed by atoms with Crippen LogP contribution in [0.1, 0.15) is 39.5 Å². The molecule has 1 aliphatic rings. The van der Waals surface area contributed by atoms with Crippen molar-refractivity contribution in [1.29, 1.82) is 0 Å². The maximum absolute atomic E-state index is 13.1. The van der Waals surface area contributed by atoms with Crippen LogP contribution in [-0.2, 0) is 19.1 Å². The first-order valence-electron chi connectivity index (χ1n) is 10.2. The Morgan fingerprint density at radius 3 is 2.61 bits per heavy atom. The highest BCUT2D eigenvalue weighted by molar-refractivity contribution is 6.00. The van der Waals surface area contributed by atoms with E-state index in [-0.39, 0.29) is 11.3 Å². The summed E-state index contributed by atoms with van der Waals surface area (Å²) in [5.74, 6) is -0.264. The fraction of sp³-hybridized carbons (Fsp3) is 0.200. The van der Waals surface area contributed by atoms with Crippen molar-refractivity contribution in [1.82, 2.24) is 4.57 Å². The van der Waals surface area contributed by atoms with E-state index in [0.717, 1.165) is 29.6 Å². The molecular weight excluding hydrogens is 401 g/mol. The van der Waals surface area contributed by atoms with Gasteiger partial charge in [-0.15, -0.1) is 0 Å². The zero-order valence-electron chi connectivity index (χ0n) is 16.6. The summed E-state index contributed by atoms with van der Waals surface area (Å²) in [6.07, 6.45) is 2.45. The number of hydrogen-bond acceptors (Lipinski definition) is 1. The Balaban J connectivity index is 1.46. The number of pyridine rings is 1. The number of ketones is 1. The number of hydrogen-bond donors (Lipinski definition) is 0. The summed E-state index contributed by atoms with van der Waals surface area (Å²) in [6, 6.07) is 17.1. The van der Waals surface area contributed by atoms with E-state index in [0.29, 0.717) is 18.4 Å². The smallest absolute Gasteiger partial charge is 0.343 e. The van der Waals surface area contributed by atoms with Crippen LogP contribution in [0.2, 0.25) is 0 Å². The number of Topliss-reactive ketones (excluding diaryl/α,β-unsaturated/α-hetero) is 1. The molecule has 1 aliphatic carbocycles. The van der Waals surface area contributed by atoms with Crippen LogP contribution in [0.4, 0.5) is 13.2 Å². The summed E-state index contributed by atoms with van der Waals surface area (Å²) >= 11 is 0. The molecule has 1 unspecified atom stereocenters. The molecular formula is C25H20F3N2O+. The van der Waals surface area contributed by atoms with Crippen LogP contribution in [-0.4, -0.2) is 10.4 Å². The average Bonchev–Trinajstić information content (AvgIpc) is 3.16. The van der Waals surface area contributed by atoms with E-state index in [1.165, 1.54) is 11.6 Å². The quantitative estimate of drug-likeness (QED) is 0.409. The molecule has 0 spiro atoms. The van der Waals surface area contributed by atoms with Crippen molar-refractivity contribution in [3.8, 4) is 0 Å². The van der Waals surface area contributed by atoms with E-state index >= 15 is 0 Å². The van der Waals surface area contributed by atoms with Gasteiger partial charge in [-0.25, -0.2) is 0 Å². The van der Waals surface area contributed by atoms with Crippen LogP contribution in [0.25, 0.3) is 10.9 Å². The molecule has 3 nitrogen and oxygen atoms in total. The third-order valence-electron chi connectivity index (χ3n) is 5.98. The highest BCUT2D eigenvalue weighted by Gasteiger charge is 2.37. The topological polar surface area (TPSA) is 25.9 Å². The fourth-order valence-electron chi connectivity index (χ4n) is 4.36. The minimum atomic E-state index is -4.46. The van der Waals surface area contributed by atoms with Crippen LogP contribution in [0.3, 0.4) is 0 Å². The van der Waals surface area contributed by atoms with Gasteiger partial charge in [0.1, 0.15) is 0 Å². The number of nitrogens with zero attached hydrogens (tertiary/aromatic N) is 2. The third-order valence-corrected chi connectivity index (χ3v) is 5.98. The Morgan fingerprint density at radius 1 is 1.03 bits per heavy atom. The van der Waals surface area contributed by atoms with Gasteiger partial charge in [-0.2, -0.15) is 17.7 Å². The first-order chi connectivity index (χ1) is 14.9. The first-order valence-corrected chi connectivity index (χ1v) is 10.2. The van der Waals surface area contributed by atoms with Crippen molar-refractivity contribution in [2.45, 2.75) is 31.6 Å². The number of rotatable bonds is 3. The monoisotopic (exact) mass is 421 g/mol. The third kappa shape index (κ3) is 3.63. The van der Waals surface area contributed by atoms with Crippen LogP contribution in [0, 0.1) is 0 Å². The summed E-state index contributed by atoms with van der Waals surface area (Å²) < 4.78 is 43.3. The molecule has 0 fully saturated rings. The van der Waals surface area contributed by atoms with Gasteiger partial charge in [0, 0.05) is 30.8 Å². The van der Waals surface area contributed by atoms with Gasteiger partial charge in [-0.1, -0.05) is 36.4 Å². The minimum Gasteiger partial charge on any atom is -0.343 e. The number of benzene rings is 2. The molecule has 156 valence electrons. The molecule has 0 saturated carbocycles. The van der Waals surface area contributed by atoms with Gasteiger partial charge in [0.25, 0.3) is 0 Å². The molecule has 0 bridgehead atoms. The van der Waals surface area contributed by atoms with E-state index in [2.05, 4.69) is 16.7 Å². The van der Waals surface area contributed by atoms with Crippen LogP contribution >= 0.6 is 0 Å². The number of halogens is 3. The second-order valence-corrected chi connectivity index (χ2v) is 7.95. The van der Waals surface area contributed by atoms with E-state index in [9.17, 15) is 18.0 Å². The Labute approximate surface area is 177 Å². The minimum absolute atomic E-state index is 0.181. The fourth-order valence-corrected chi connectivity index (χ4v) is 4.36. The number of aromatic nitrogens is 2. The Hall–Kier alpha value is -3.41. The van der Waals surface area contributed by atoms with Gasteiger partial charge in [-0.05, 0) is 35.7 Å². The number of fused-ring (bicyclic) bond motifs is 2. The highest BCUT2D eigenvalue weighted by Crippen LogP contribution is 2.34. The molecule has 1 atom stereocenters. The second kappa shape index (κ2) is 7.38. The summed E-state index contributed by atoms with van der Waals surface area (Å²) in [7, 11) is 0. The van der Waals surface area contributed by atoms with Crippen molar-refractivity contribution in [2.24, 2.45) is 0 Å². The molecule has 0 amide bonds. The molecule has 0 radical (unpaired) electrons. The van der Waals surface area contributed by atoms with E-state index in [1.54, 1.807) is 0 Å². The average molecular weight is 421 g/mol. The zero-order chi connectivity index (χ0) is 21.6. The van der Waals surface area contributed by atoms with Gasteiger partial charge in [0.05, 0.1) is 16.5 Å². The molecule has 0 aliphatic heterocycles. The number of alkyl halides is 3. The standard InChI is InChI=1S/C25H20F3N2O/c26-25(27,28)20-8-6-18-7-9-23(24(31)21(18)14-20)30-13-11-22-19(16-30)10-12-29(22)15-17-4-2-1-3-5-17/h1-6,8,10-14,16,23H,7,9,15H2/q+1. The van der Waals surface area contributed by atoms with Gasteiger partial charge >= 0.3 is 6.18 Å². The Morgan fingerprint density at radius 2 is 1.84 bits per heavy atom. The second-order valence-electron chi connectivity index (χ2n) is 7.95. The molecule has 0 N–H and O–H groups in total. The molecule has 6 heteroatoms. The lowest BCUT2D eigenvalue weighted by molar-refractivity contribution is -0.707. The van der Waals surface area contributed by atoms with Crippen molar-refractivity contribution >= 4 is 16.7 Å². The van der Waals surface area contributed by atoms with E-state index in [4.69, 9.17) is 0 Å². The lowest BCUT2D eigenvalue weighted by atomic mass is 9.85. The Kier molecular flexibility index (Phi) is 4.65. The largest absolute Gasteiger partial charge is 0.416 e. The Bertz CT molecular complexity index is 1280. The predicted molar refractivity (Wildman–Crippen MR) is 111 cm³/mol. The molecule has 0 saturated heterocycles. The molecule has 31 heavy (non-hydrogen) atoms. The lowest BCUT2D eigenvalue weighted by Gasteiger charge is -2.21. The molecule has 2 aromatic heterocycles. The SMILES string of the molecule is O=C1c2cc(C(F)(F)F)ccc2CCC1[n+]1ccc2c(ccn2Cc2ccccc2)c1. The molecule has 2 heterocycles.